The Labute approximate surface area is 165 Å². The second-order valence-electron chi connectivity index (χ2n) is 6.74. The molecule has 2 aliphatic heterocycles. The number of aliphatic imine (C=N–C) groups is 1. The molecule has 4 rings (SSSR count). The fourth-order valence-corrected chi connectivity index (χ4v) is 3.23. The Kier molecular flexibility index (Phi) is 4.89. The van der Waals surface area contributed by atoms with Crippen molar-refractivity contribution in [2.75, 3.05) is 13.8 Å². The highest BCUT2D eigenvalue weighted by Crippen LogP contribution is 2.32. The van der Waals surface area contributed by atoms with Crippen molar-refractivity contribution in [3.8, 4) is 11.5 Å². The molecule has 0 spiro atoms. The van der Waals surface area contributed by atoms with Crippen LogP contribution in [0, 0.1) is 6.92 Å². The van der Waals surface area contributed by atoms with Gasteiger partial charge < -0.3 is 19.7 Å². The lowest BCUT2D eigenvalue weighted by molar-refractivity contribution is 0.174. The Hall–Kier alpha value is -3.47. The Morgan fingerprint density at radius 3 is 2.75 bits per heavy atom. The van der Waals surface area contributed by atoms with Gasteiger partial charge in [-0.25, -0.2) is 4.99 Å². The Bertz CT molecular complexity index is 987. The molecule has 2 aliphatic rings. The van der Waals surface area contributed by atoms with E-state index >= 15 is 0 Å². The van der Waals surface area contributed by atoms with Crippen molar-refractivity contribution in [3.05, 3.63) is 89.5 Å². The molecule has 0 amide bonds. The summed E-state index contributed by atoms with van der Waals surface area (Å²) >= 11 is 0. The minimum absolute atomic E-state index is 0.286. The minimum atomic E-state index is 0.286. The Balaban J connectivity index is 1.53. The quantitative estimate of drug-likeness (QED) is 0.852. The number of rotatable bonds is 5. The summed E-state index contributed by atoms with van der Waals surface area (Å²) in [6.45, 7) is 7.03. The SMILES string of the molecule is C=C/C(=C1/N=CC=C(NCc2ccc3c(c2)OCO3)N1C)c1ccc(C)cc1. The summed E-state index contributed by atoms with van der Waals surface area (Å²) in [5.74, 6) is 3.41. The Morgan fingerprint density at radius 1 is 1.18 bits per heavy atom. The number of ether oxygens (including phenoxy) is 2. The molecular weight excluding hydrogens is 350 g/mol. The highest BCUT2D eigenvalue weighted by Gasteiger charge is 2.17. The van der Waals surface area contributed by atoms with Crippen LogP contribution in [0.5, 0.6) is 11.5 Å². The molecule has 1 N–H and O–H groups in total. The van der Waals surface area contributed by atoms with Crippen molar-refractivity contribution in [2.24, 2.45) is 4.99 Å². The van der Waals surface area contributed by atoms with E-state index in [0.29, 0.717) is 6.54 Å². The van der Waals surface area contributed by atoms with E-state index < -0.39 is 0 Å². The maximum absolute atomic E-state index is 5.46. The van der Waals surface area contributed by atoms with E-state index in [9.17, 15) is 0 Å². The molecule has 0 unspecified atom stereocenters. The van der Waals surface area contributed by atoms with Crippen molar-refractivity contribution < 1.29 is 9.47 Å². The van der Waals surface area contributed by atoms with E-state index in [1.807, 2.05) is 48.5 Å². The van der Waals surface area contributed by atoms with E-state index in [-0.39, 0.29) is 6.79 Å². The van der Waals surface area contributed by atoms with Crippen LogP contribution in [-0.4, -0.2) is 25.0 Å². The first kappa shape index (κ1) is 17.9. The summed E-state index contributed by atoms with van der Waals surface area (Å²) in [5.41, 5.74) is 4.43. The molecule has 5 heteroatoms. The lowest BCUT2D eigenvalue weighted by atomic mass is 10.0. The molecule has 2 aromatic carbocycles. The third kappa shape index (κ3) is 3.51. The third-order valence-electron chi connectivity index (χ3n) is 4.83. The Morgan fingerprint density at radius 2 is 1.96 bits per heavy atom. The zero-order chi connectivity index (χ0) is 19.5. The molecule has 0 saturated heterocycles. The highest BCUT2D eigenvalue weighted by molar-refractivity contribution is 5.81. The van der Waals surface area contributed by atoms with Gasteiger partial charge in [-0.3, -0.25) is 0 Å². The summed E-state index contributed by atoms with van der Waals surface area (Å²) in [6.07, 6.45) is 5.63. The number of aryl methyl sites for hydroxylation is 1. The summed E-state index contributed by atoms with van der Waals surface area (Å²) in [6, 6.07) is 14.4. The van der Waals surface area contributed by atoms with Crippen LogP contribution in [0.3, 0.4) is 0 Å². The fraction of sp³-hybridized carbons (Fsp3) is 0.174. The van der Waals surface area contributed by atoms with Crippen LogP contribution in [0.15, 0.2) is 77.8 Å². The molecule has 0 fully saturated rings. The standard InChI is InChI=1S/C23H23N3O2/c1-4-19(18-8-5-16(2)6-9-18)23-24-12-11-22(26(23)3)25-14-17-7-10-20-21(13-17)28-15-27-20/h4-13,25H,1,14-15H2,2-3H3/b23-19+. The number of hydrogen-bond acceptors (Lipinski definition) is 5. The second kappa shape index (κ2) is 7.64. The lowest BCUT2D eigenvalue weighted by Gasteiger charge is -2.28. The van der Waals surface area contributed by atoms with Crippen LogP contribution < -0.4 is 14.8 Å². The third-order valence-corrected chi connectivity index (χ3v) is 4.83. The highest BCUT2D eigenvalue weighted by atomic mass is 16.7. The number of nitrogens with one attached hydrogen (secondary N) is 1. The van der Waals surface area contributed by atoms with Gasteiger partial charge in [0.15, 0.2) is 11.5 Å². The van der Waals surface area contributed by atoms with Crippen molar-refractivity contribution in [1.29, 1.82) is 0 Å². The van der Waals surface area contributed by atoms with Crippen LogP contribution >= 0.6 is 0 Å². The predicted molar refractivity (Wildman–Crippen MR) is 112 cm³/mol. The monoisotopic (exact) mass is 373 g/mol. The molecule has 0 radical (unpaired) electrons. The molecular formula is C23H23N3O2. The topological polar surface area (TPSA) is 46.1 Å². The number of fused-ring (bicyclic) bond motifs is 1. The van der Waals surface area contributed by atoms with Crippen LogP contribution in [0.4, 0.5) is 0 Å². The lowest BCUT2D eigenvalue weighted by Crippen LogP contribution is -2.30. The molecule has 2 aromatic rings. The first-order chi connectivity index (χ1) is 13.7. The zero-order valence-electron chi connectivity index (χ0n) is 16.1. The largest absolute Gasteiger partial charge is 0.454 e. The van der Waals surface area contributed by atoms with E-state index in [2.05, 4.69) is 48.1 Å². The van der Waals surface area contributed by atoms with Gasteiger partial charge in [-0.1, -0.05) is 48.6 Å². The smallest absolute Gasteiger partial charge is 0.231 e. The van der Waals surface area contributed by atoms with Crippen LogP contribution in [0.1, 0.15) is 16.7 Å². The molecule has 142 valence electrons. The van der Waals surface area contributed by atoms with Crippen molar-refractivity contribution in [3.63, 3.8) is 0 Å². The van der Waals surface area contributed by atoms with Gasteiger partial charge in [0.05, 0.1) is 0 Å². The van der Waals surface area contributed by atoms with Crippen molar-refractivity contribution in [1.82, 2.24) is 10.2 Å². The van der Waals surface area contributed by atoms with Gasteiger partial charge in [-0.2, -0.15) is 0 Å². The maximum atomic E-state index is 5.46. The average Bonchev–Trinajstić information content (AvgIpc) is 3.18. The first-order valence-electron chi connectivity index (χ1n) is 9.20. The summed E-state index contributed by atoms with van der Waals surface area (Å²) in [4.78, 5) is 6.63. The summed E-state index contributed by atoms with van der Waals surface area (Å²) in [5, 5.41) is 3.48. The average molecular weight is 373 g/mol. The normalized spacial score (nSPS) is 16.6. The van der Waals surface area contributed by atoms with E-state index in [1.165, 1.54) is 5.56 Å². The summed E-state index contributed by atoms with van der Waals surface area (Å²) in [7, 11) is 2.00. The fourth-order valence-electron chi connectivity index (χ4n) is 3.23. The molecule has 5 nitrogen and oxygen atoms in total. The van der Waals surface area contributed by atoms with Gasteiger partial charge in [0, 0.05) is 25.4 Å². The molecule has 2 heterocycles. The van der Waals surface area contributed by atoms with Crippen molar-refractivity contribution >= 4 is 11.8 Å². The molecule has 0 atom stereocenters. The van der Waals surface area contributed by atoms with Crippen LogP contribution in [0.2, 0.25) is 0 Å². The van der Waals surface area contributed by atoms with E-state index in [0.717, 1.165) is 39.8 Å². The molecule has 0 saturated carbocycles. The number of allylic oxidation sites excluding steroid dienone is 3. The minimum Gasteiger partial charge on any atom is -0.454 e. The van der Waals surface area contributed by atoms with Crippen molar-refractivity contribution in [2.45, 2.75) is 13.5 Å². The second-order valence-corrected chi connectivity index (χ2v) is 6.74. The van der Waals surface area contributed by atoms with Crippen LogP contribution in [-0.2, 0) is 6.54 Å². The van der Waals surface area contributed by atoms with E-state index in [4.69, 9.17) is 9.47 Å². The molecule has 0 bridgehead atoms. The van der Waals surface area contributed by atoms with Gasteiger partial charge in [0.25, 0.3) is 0 Å². The number of hydrogen-bond donors (Lipinski definition) is 1. The van der Waals surface area contributed by atoms with Gasteiger partial charge in [0.2, 0.25) is 6.79 Å². The van der Waals surface area contributed by atoms with Crippen LogP contribution in [0.25, 0.3) is 5.57 Å². The number of benzene rings is 2. The first-order valence-corrected chi connectivity index (χ1v) is 9.20. The number of nitrogens with zero attached hydrogens (tertiary/aromatic N) is 2. The molecule has 0 aromatic heterocycles. The maximum Gasteiger partial charge on any atom is 0.231 e. The molecule has 28 heavy (non-hydrogen) atoms. The molecule has 0 aliphatic carbocycles. The van der Waals surface area contributed by atoms with E-state index in [1.54, 1.807) is 0 Å². The zero-order valence-corrected chi connectivity index (χ0v) is 16.1. The van der Waals surface area contributed by atoms with Gasteiger partial charge >= 0.3 is 0 Å². The van der Waals surface area contributed by atoms with Gasteiger partial charge in [-0.15, -0.1) is 0 Å². The predicted octanol–water partition coefficient (Wildman–Crippen LogP) is 4.23. The van der Waals surface area contributed by atoms with Gasteiger partial charge in [0.1, 0.15) is 11.6 Å². The summed E-state index contributed by atoms with van der Waals surface area (Å²) < 4.78 is 10.8. The van der Waals surface area contributed by atoms with Gasteiger partial charge in [-0.05, 0) is 36.3 Å².